The van der Waals surface area contributed by atoms with Gasteiger partial charge in [0, 0.05) is 43.2 Å². The van der Waals surface area contributed by atoms with Gasteiger partial charge in [0.05, 0.1) is 24.4 Å². The van der Waals surface area contributed by atoms with Crippen LogP contribution in [0.5, 0.6) is 11.5 Å². The van der Waals surface area contributed by atoms with Gasteiger partial charge in [-0.3, -0.25) is 19.8 Å². The molecule has 0 saturated carbocycles. The molecule has 0 spiro atoms. The number of hydrogen-bond donors (Lipinski definition) is 3. The molecule has 4 rings (SSSR count). The minimum Gasteiger partial charge on any atom is -0.505 e. The SMILES string of the molecule is Br.CCOc1cc2c(cc1C(=O)NC)C(=N)N(CC(=O)c1cc(N3CCCC3=O)c(O)c(C(C)(C)C)c1)C2. The number of aromatic hydroxyl groups is 1. The minimum absolute atomic E-state index is 0. The molecule has 3 N–H and O–H groups in total. The van der Waals surface area contributed by atoms with Crippen LogP contribution in [0.2, 0.25) is 0 Å². The number of ketones is 1. The molecule has 2 aliphatic rings. The Bertz CT molecular complexity index is 1300. The van der Waals surface area contributed by atoms with Gasteiger partial charge in [-0.15, -0.1) is 17.0 Å². The predicted octanol–water partition coefficient (Wildman–Crippen LogP) is 4.18. The highest BCUT2D eigenvalue weighted by Crippen LogP contribution is 2.41. The van der Waals surface area contributed by atoms with E-state index in [1.165, 1.54) is 7.05 Å². The van der Waals surface area contributed by atoms with Crippen LogP contribution in [0.3, 0.4) is 0 Å². The smallest absolute Gasteiger partial charge is 0.254 e. The number of fused-ring (bicyclic) bond motifs is 1. The largest absolute Gasteiger partial charge is 0.505 e. The Hall–Kier alpha value is -3.40. The first kappa shape index (κ1) is 29.2. The van der Waals surface area contributed by atoms with Gasteiger partial charge in [0.2, 0.25) is 5.91 Å². The first-order valence-electron chi connectivity index (χ1n) is 12.5. The number of anilines is 1. The molecule has 2 aromatic carbocycles. The summed E-state index contributed by atoms with van der Waals surface area (Å²) >= 11 is 0. The fourth-order valence-electron chi connectivity index (χ4n) is 4.88. The second-order valence-electron chi connectivity index (χ2n) is 10.4. The molecule has 1 saturated heterocycles. The summed E-state index contributed by atoms with van der Waals surface area (Å²) in [6.45, 7) is 8.82. The molecule has 2 heterocycles. The van der Waals surface area contributed by atoms with Crippen molar-refractivity contribution >= 4 is 46.1 Å². The van der Waals surface area contributed by atoms with Gasteiger partial charge in [0.25, 0.3) is 5.91 Å². The van der Waals surface area contributed by atoms with Crippen LogP contribution < -0.4 is 15.0 Å². The van der Waals surface area contributed by atoms with E-state index >= 15 is 0 Å². The van der Waals surface area contributed by atoms with E-state index in [1.807, 2.05) is 27.7 Å². The van der Waals surface area contributed by atoms with Crippen LogP contribution in [0.4, 0.5) is 5.69 Å². The number of benzene rings is 2. The highest BCUT2D eigenvalue weighted by Gasteiger charge is 2.32. The van der Waals surface area contributed by atoms with Gasteiger partial charge >= 0.3 is 0 Å². The summed E-state index contributed by atoms with van der Waals surface area (Å²) < 4.78 is 5.66. The fraction of sp³-hybridized carbons (Fsp3) is 0.429. The summed E-state index contributed by atoms with van der Waals surface area (Å²) in [7, 11) is 1.54. The Morgan fingerprint density at radius 1 is 1.18 bits per heavy atom. The van der Waals surface area contributed by atoms with Gasteiger partial charge in [-0.25, -0.2) is 0 Å². The minimum atomic E-state index is -0.458. The van der Waals surface area contributed by atoms with Crippen molar-refractivity contribution < 1.29 is 24.2 Å². The third-order valence-electron chi connectivity index (χ3n) is 6.83. The molecule has 0 bridgehead atoms. The average molecular weight is 588 g/mol. The second kappa shape index (κ2) is 11.1. The molecule has 0 radical (unpaired) electrons. The van der Waals surface area contributed by atoms with Gasteiger partial charge in [-0.1, -0.05) is 20.8 Å². The maximum absolute atomic E-state index is 13.5. The molecular formula is C28H35BrN4O5. The van der Waals surface area contributed by atoms with Crippen LogP contribution >= 0.6 is 17.0 Å². The Morgan fingerprint density at radius 3 is 2.47 bits per heavy atom. The molecule has 0 atom stereocenters. The van der Waals surface area contributed by atoms with Gasteiger partial charge in [0.15, 0.2) is 5.78 Å². The summed E-state index contributed by atoms with van der Waals surface area (Å²) in [5, 5.41) is 22.3. The van der Waals surface area contributed by atoms with E-state index in [1.54, 1.807) is 34.1 Å². The van der Waals surface area contributed by atoms with Crippen molar-refractivity contribution in [2.45, 2.75) is 52.5 Å². The summed E-state index contributed by atoms with van der Waals surface area (Å²) in [6, 6.07) is 6.67. The van der Waals surface area contributed by atoms with E-state index in [2.05, 4.69) is 5.32 Å². The van der Waals surface area contributed by atoms with Crippen molar-refractivity contribution in [1.82, 2.24) is 10.2 Å². The van der Waals surface area contributed by atoms with Gasteiger partial charge in [0.1, 0.15) is 17.3 Å². The van der Waals surface area contributed by atoms with Crippen LogP contribution in [0.15, 0.2) is 24.3 Å². The predicted molar refractivity (Wildman–Crippen MR) is 151 cm³/mol. The summed E-state index contributed by atoms with van der Waals surface area (Å²) in [4.78, 5) is 41.5. The first-order valence-corrected chi connectivity index (χ1v) is 12.5. The van der Waals surface area contributed by atoms with Crippen LogP contribution in [-0.4, -0.2) is 60.2 Å². The van der Waals surface area contributed by atoms with Crippen LogP contribution in [0.25, 0.3) is 0 Å². The van der Waals surface area contributed by atoms with E-state index in [0.717, 1.165) is 5.56 Å². The second-order valence-corrected chi connectivity index (χ2v) is 10.4. The zero-order valence-electron chi connectivity index (χ0n) is 22.4. The lowest BCUT2D eigenvalue weighted by molar-refractivity contribution is -0.117. The number of carbonyl (C=O) groups excluding carboxylic acids is 3. The molecule has 1 fully saturated rings. The van der Waals surface area contributed by atoms with Crippen molar-refractivity contribution in [2.75, 3.05) is 31.6 Å². The molecule has 2 amide bonds. The number of rotatable bonds is 7. The lowest BCUT2D eigenvalue weighted by atomic mass is 9.84. The summed E-state index contributed by atoms with van der Waals surface area (Å²) in [5.41, 5.74) is 2.59. The zero-order chi connectivity index (χ0) is 27.1. The van der Waals surface area contributed by atoms with Crippen molar-refractivity contribution in [2.24, 2.45) is 0 Å². The molecule has 2 aromatic rings. The maximum Gasteiger partial charge on any atom is 0.254 e. The number of amidine groups is 1. The van der Waals surface area contributed by atoms with Gasteiger partial charge in [-0.2, -0.15) is 0 Å². The van der Waals surface area contributed by atoms with E-state index < -0.39 is 5.41 Å². The fourth-order valence-corrected chi connectivity index (χ4v) is 4.88. The molecule has 0 unspecified atom stereocenters. The zero-order valence-corrected chi connectivity index (χ0v) is 24.1. The molecular weight excluding hydrogens is 552 g/mol. The number of ether oxygens (including phenoxy) is 1. The number of carbonyl (C=O) groups is 3. The van der Waals surface area contributed by atoms with Crippen LogP contribution in [0.1, 0.15) is 77.9 Å². The van der Waals surface area contributed by atoms with Crippen LogP contribution in [0, 0.1) is 5.41 Å². The standard InChI is InChI=1S/C28H34N4O5.BrH/c1-6-37-23-12-17-14-31(26(29)18(17)13-19(23)27(36)30-5)15-22(33)16-10-20(28(2,3)4)25(35)21(11-16)32-9-7-8-24(32)34;/h10-13,29,35H,6-9,14-15H2,1-5H3,(H,30,36);1H. The van der Waals surface area contributed by atoms with Crippen molar-refractivity contribution in [3.8, 4) is 11.5 Å². The van der Waals surface area contributed by atoms with Gasteiger partial charge < -0.3 is 25.0 Å². The van der Waals surface area contributed by atoms with Crippen molar-refractivity contribution in [3.63, 3.8) is 0 Å². The number of nitrogens with one attached hydrogen (secondary N) is 2. The molecule has 0 aromatic heterocycles. The normalized spacial score (nSPS) is 14.9. The van der Waals surface area contributed by atoms with E-state index in [0.29, 0.717) is 66.2 Å². The number of nitrogens with zero attached hydrogens (tertiary/aromatic N) is 2. The number of hydrogen-bond acceptors (Lipinski definition) is 6. The van der Waals surface area contributed by atoms with E-state index in [-0.39, 0.29) is 52.7 Å². The lowest BCUT2D eigenvalue weighted by Crippen LogP contribution is -2.31. The highest BCUT2D eigenvalue weighted by atomic mass is 79.9. The number of amides is 2. The number of halogens is 1. The number of Topliss-reactive ketones (excluding diaryl/α,β-unsaturated/α-hetero) is 1. The van der Waals surface area contributed by atoms with Crippen molar-refractivity contribution in [1.29, 1.82) is 5.41 Å². The third-order valence-corrected chi connectivity index (χ3v) is 6.83. The van der Waals surface area contributed by atoms with Crippen LogP contribution in [-0.2, 0) is 16.8 Å². The maximum atomic E-state index is 13.5. The molecule has 204 valence electrons. The molecule has 9 nitrogen and oxygen atoms in total. The lowest BCUT2D eigenvalue weighted by Gasteiger charge is -2.26. The van der Waals surface area contributed by atoms with E-state index in [9.17, 15) is 19.5 Å². The molecule has 2 aliphatic heterocycles. The first-order chi connectivity index (χ1) is 17.5. The monoisotopic (exact) mass is 586 g/mol. The Labute approximate surface area is 233 Å². The number of phenols is 1. The third kappa shape index (κ3) is 5.41. The Balaban J connectivity index is 0.00000400. The van der Waals surface area contributed by atoms with Crippen molar-refractivity contribution in [3.05, 3.63) is 52.1 Å². The Kier molecular flexibility index (Phi) is 8.55. The number of phenolic OH excluding ortho intramolecular Hbond substituents is 1. The summed E-state index contributed by atoms with van der Waals surface area (Å²) in [6.07, 6.45) is 1.11. The summed E-state index contributed by atoms with van der Waals surface area (Å²) in [5.74, 6) is -0.000552. The molecule has 0 aliphatic carbocycles. The quantitative estimate of drug-likeness (QED) is 0.418. The molecule has 38 heavy (non-hydrogen) atoms. The van der Waals surface area contributed by atoms with Gasteiger partial charge in [-0.05, 0) is 48.6 Å². The topological polar surface area (TPSA) is 123 Å². The highest BCUT2D eigenvalue weighted by molar-refractivity contribution is 8.93. The Morgan fingerprint density at radius 2 is 1.89 bits per heavy atom. The average Bonchev–Trinajstić information content (AvgIpc) is 3.40. The van der Waals surface area contributed by atoms with E-state index in [4.69, 9.17) is 10.1 Å². The molecule has 10 heteroatoms.